The van der Waals surface area contributed by atoms with E-state index in [1.807, 2.05) is 18.1 Å². The first-order chi connectivity index (χ1) is 13.9. The number of hydrogen-bond acceptors (Lipinski definition) is 8. The third-order valence-corrected chi connectivity index (χ3v) is 7.27. The molecule has 1 aromatic rings. The molecule has 2 aliphatic rings. The van der Waals surface area contributed by atoms with Crippen LogP contribution in [0.1, 0.15) is 41.6 Å². The predicted molar refractivity (Wildman–Crippen MR) is 116 cm³/mol. The molecule has 0 spiro atoms. The maximum atomic E-state index is 12.7. The number of ether oxygens (including phenoxy) is 1. The van der Waals surface area contributed by atoms with E-state index in [0.29, 0.717) is 42.5 Å². The van der Waals surface area contributed by atoms with E-state index in [1.54, 1.807) is 25.8 Å². The number of hydrogen-bond donors (Lipinski definition) is 2. The van der Waals surface area contributed by atoms with Crippen LogP contribution in [0, 0.1) is 6.92 Å². The monoisotopic (exact) mass is 438 g/mol. The molecule has 0 bridgehead atoms. The zero-order valence-electron chi connectivity index (χ0n) is 17.0. The lowest BCUT2D eigenvalue weighted by Crippen LogP contribution is -2.55. The highest BCUT2D eigenvalue weighted by Crippen LogP contribution is 2.31. The lowest BCUT2D eigenvalue weighted by atomic mass is 10.0. The summed E-state index contributed by atoms with van der Waals surface area (Å²) in [5.74, 6) is -1.10. The molecule has 0 unspecified atom stereocenters. The average molecular weight is 439 g/mol. The van der Waals surface area contributed by atoms with E-state index in [1.165, 1.54) is 11.3 Å². The van der Waals surface area contributed by atoms with Crippen LogP contribution in [0.25, 0.3) is 0 Å². The second-order valence-electron chi connectivity index (χ2n) is 6.97. The van der Waals surface area contributed by atoms with Crippen molar-refractivity contribution in [2.24, 2.45) is 4.99 Å². The molecule has 1 fully saturated rings. The van der Waals surface area contributed by atoms with Crippen molar-refractivity contribution in [3.05, 3.63) is 21.2 Å². The zero-order valence-corrected chi connectivity index (χ0v) is 18.7. The Labute approximate surface area is 178 Å². The predicted octanol–water partition coefficient (Wildman–Crippen LogP) is 2.69. The number of thioether (sulfide) groups is 1. The number of anilines is 1. The summed E-state index contributed by atoms with van der Waals surface area (Å²) in [4.78, 5) is 36.4. The number of carbonyl (C=O) groups is 2. The molecule has 3 rings (SSSR count). The third kappa shape index (κ3) is 4.65. The Bertz CT molecular complexity index is 864. The number of carboxylic acids is 1. The van der Waals surface area contributed by atoms with Crippen molar-refractivity contribution in [3.63, 3.8) is 0 Å². The molecule has 2 N–H and O–H groups in total. The number of aliphatic imine (C=N–C) groups is 1. The summed E-state index contributed by atoms with van der Waals surface area (Å²) >= 11 is 2.82. The van der Waals surface area contributed by atoms with Gasteiger partial charge in [-0.2, -0.15) is 0 Å². The van der Waals surface area contributed by atoms with Crippen LogP contribution in [0.4, 0.5) is 5.13 Å². The number of aromatic nitrogens is 1. The van der Waals surface area contributed by atoms with Gasteiger partial charge in [-0.1, -0.05) is 18.3 Å². The summed E-state index contributed by atoms with van der Waals surface area (Å²) in [5.41, 5.74) is 2.07. The summed E-state index contributed by atoms with van der Waals surface area (Å²) < 4.78 is 5.64. The lowest BCUT2D eigenvalue weighted by molar-refractivity contribution is -0.116. The molecule has 0 aliphatic carbocycles. The highest BCUT2D eigenvalue weighted by Gasteiger charge is 2.34. The molecular formula is C19H26N4O4S2. The maximum Gasteiger partial charge on any atom is 0.347 e. The molecule has 1 aromatic heterocycles. The highest BCUT2D eigenvalue weighted by atomic mass is 32.2. The first-order valence-corrected chi connectivity index (χ1v) is 11.5. The highest BCUT2D eigenvalue weighted by molar-refractivity contribution is 8.02. The number of thiazole rings is 1. The van der Waals surface area contributed by atoms with Gasteiger partial charge in [-0.15, -0.1) is 11.8 Å². The van der Waals surface area contributed by atoms with Gasteiger partial charge in [0, 0.05) is 31.5 Å². The van der Waals surface area contributed by atoms with Crippen LogP contribution >= 0.6 is 23.1 Å². The Morgan fingerprint density at radius 1 is 1.45 bits per heavy atom. The molecule has 2 aliphatic heterocycles. The Kier molecular flexibility index (Phi) is 6.97. The second kappa shape index (κ2) is 9.27. The number of rotatable bonds is 7. The van der Waals surface area contributed by atoms with Crippen molar-refractivity contribution in [2.75, 3.05) is 31.4 Å². The van der Waals surface area contributed by atoms with Gasteiger partial charge in [-0.25, -0.2) is 9.78 Å². The van der Waals surface area contributed by atoms with Crippen LogP contribution in [0.15, 0.2) is 15.6 Å². The van der Waals surface area contributed by atoms with Gasteiger partial charge in [0.15, 0.2) is 5.13 Å². The van der Waals surface area contributed by atoms with E-state index in [9.17, 15) is 14.7 Å². The van der Waals surface area contributed by atoms with E-state index in [-0.39, 0.29) is 22.9 Å². The van der Waals surface area contributed by atoms with Gasteiger partial charge in [0.2, 0.25) is 0 Å². The van der Waals surface area contributed by atoms with Gasteiger partial charge >= 0.3 is 5.97 Å². The number of carbonyl (C=O) groups excluding carboxylic acids is 1. The molecule has 0 aromatic carbocycles. The van der Waals surface area contributed by atoms with Crippen LogP contribution in [0.2, 0.25) is 0 Å². The van der Waals surface area contributed by atoms with Gasteiger partial charge in [-0.3, -0.25) is 9.79 Å². The van der Waals surface area contributed by atoms with Crippen molar-refractivity contribution in [1.29, 1.82) is 0 Å². The third-order valence-electron chi connectivity index (χ3n) is 5.19. The van der Waals surface area contributed by atoms with Crippen molar-refractivity contribution < 1.29 is 19.4 Å². The molecule has 10 heteroatoms. The van der Waals surface area contributed by atoms with Crippen molar-refractivity contribution in [1.82, 2.24) is 10.3 Å². The molecule has 0 radical (unpaired) electrons. The van der Waals surface area contributed by atoms with E-state index in [2.05, 4.69) is 15.3 Å². The Hall–Kier alpha value is -1.91. The molecule has 1 amide bonds. The van der Waals surface area contributed by atoms with Crippen LogP contribution < -0.4 is 10.2 Å². The normalized spacial score (nSPS) is 22.1. The number of aryl methyl sites for hydroxylation is 1. The molecule has 29 heavy (non-hydrogen) atoms. The fraction of sp³-hybridized carbons (Fsp3) is 0.579. The minimum Gasteiger partial charge on any atom is -0.477 e. The Morgan fingerprint density at radius 3 is 2.76 bits per heavy atom. The number of allylic oxidation sites excluding steroid dienone is 2. The number of nitrogens with zero attached hydrogens (tertiary/aromatic N) is 3. The summed E-state index contributed by atoms with van der Waals surface area (Å²) in [7, 11) is 1.62. The number of piperidine rings is 1. The van der Waals surface area contributed by atoms with Crippen molar-refractivity contribution >= 4 is 45.8 Å². The molecule has 2 atom stereocenters. The standard InChI is InChI=1S/C19H26N4O4S2/c1-5-11-15(28-4)8-13(21-11)17(24)22-12-6-7-23(9-14(12)27-3)19-20-10(2)16(29-19)18(25)26/h12,14H,5-9H2,1-4H3,(H,22,24)(H,25,26)/t12-,14+/m1/s1. The maximum absolute atomic E-state index is 12.7. The SMILES string of the molecule is CCC1=C(SC)CC(C(=O)N[C@@H]2CCN(c3nc(C)c(C(=O)O)s3)C[C@@H]2OC)=N1. The van der Waals surface area contributed by atoms with Crippen LogP contribution in [-0.4, -0.2) is 66.3 Å². The van der Waals surface area contributed by atoms with Crippen molar-refractivity contribution in [2.45, 2.75) is 45.3 Å². The van der Waals surface area contributed by atoms with Crippen LogP contribution in [0.3, 0.4) is 0 Å². The van der Waals surface area contributed by atoms with E-state index in [4.69, 9.17) is 4.74 Å². The molecule has 1 saturated heterocycles. The Balaban J connectivity index is 1.64. The minimum atomic E-state index is -0.960. The zero-order chi connectivity index (χ0) is 21.1. The van der Waals surface area contributed by atoms with Crippen LogP contribution in [0.5, 0.6) is 0 Å². The van der Waals surface area contributed by atoms with E-state index < -0.39 is 5.97 Å². The quantitative estimate of drug-likeness (QED) is 0.674. The van der Waals surface area contributed by atoms with Crippen molar-refractivity contribution in [3.8, 4) is 0 Å². The lowest BCUT2D eigenvalue weighted by Gasteiger charge is -2.37. The number of nitrogens with one attached hydrogen (secondary N) is 1. The number of methoxy groups -OCH3 is 1. The first-order valence-electron chi connectivity index (χ1n) is 9.50. The topological polar surface area (TPSA) is 104 Å². The summed E-state index contributed by atoms with van der Waals surface area (Å²) in [6.45, 7) is 4.95. The molecule has 158 valence electrons. The number of amides is 1. The number of aromatic carboxylic acids is 1. The molecule has 3 heterocycles. The fourth-order valence-electron chi connectivity index (χ4n) is 3.58. The Morgan fingerprint density at radius 2 is 2.21 bits per heavy atom. The van der Waals surface area contributed by atoms with Gasteiger partial charge in [-0.05, 0) is 26.0 Å². The van der Waals surface area contributed by atoms with Gasteiger partial charge in [0.05, 0.1) is 23.5 Å². The first kappa shape index (κ1) is 21.8. The second-order valence-corrected chi connectivity index (χ2v) is 8.85. The average Bonchev–Trinajstić information content (AvgIpc) is 3.31. The fourth-order valence-corrected chi connectivity index (χ4v) is 5.23. The summed E-state index contributed by atoms with van der Waals surface area (Å²) in [5, 5.41) is 13.0. The summed E-state index contributed by atoms with van der Waals surface area (Å²) in [6.07, 6.45) is 3.88. The molecule has 8 nitrogen and oxygen atoms in total. The van der Waals surface area contributed by atoms with Crippen LogP contribution in [-0.2, 0) is 9.53 Å². The minimum absolute atomic E-state index is 0.130. The largest absolute Gasteiger partial charge is 0.477 e. The summed E-state index contributed by atoms with van der Waals surface area (Å²) in [6, 6.07) is -0.130. The van der Waals surface area contributed by atoms with Gasteiger partial charge in [0.1, 0.15) is 10.6 Å². The van der Waals surface area contributed by atoms with Gasteiger partial charge in [0.25, 0.3) is 5.91 Å². The smallest absolute Gasteiger partial charge is 0.347 e. The van der Waals surface area contributed by atoms with E-state index in [0.717, 1.165) is 17.0 Å². The molecular weight excluding hydrogens is 412 g/mol. The van der Waals surface area contributed by atoms with Gasteiger partial charge < -0.3 is 20.1 Å². The number of carboxylic acid groups (broad SMARTS) is 1. The van der Waals surface area contributed by atoms with E-state index >= 15 is 0 Å². The molecule has 0 saturated carbocycles.